The van der Waals surface area contributed by atoms with Crippen molar-refractivity contribution in [2.75, 3.05) is 32.7 Å². The summed E-state index contributed by atoms with van der Waals surface area (Å²) >= 11 is 0. The molecule has 1 atom stereocenters. The second-order valence-electron chi connectivity index (χ2n) is 5.98. The lowest BCUT2D eigenvalue weighted by Crippen LogP contribution is -2.49. The summed E-state index contributed by atoms with van der Waals surface area (Å²) in [5, 5.41) is 0. The van der Waals surface area contributed by atoms with E-state index in [0.29, 0.717) is 0 Å². The summed E-state index contributed by atoms with van der Waals surface area (Å²) in [6, 6.07) is 3.59. The maximum atomic E-state index is 12.4. The maximum absolute atomic E-state index is 12.4. The van der Waals surface area contributed by atoms with Crippen LogP contribution in [-0.4, -0.2) is 53.4 Å². The normalized spacial score (nSPS) is 23.2. The molecule has 1 fully saturated rings. The van der Waals surface area contributed by atoms with Gasteiger partial charge in [-0.05, 0) is 37.3 Å². The molecule has 21 heavy (non-hydrogen) atoms. The predicted octanol–water partition coefficient (Wildman–Crippen LogP) is 2.20. The minimum atomic E-state index is 0.137. The number of pyridine rings is 1. The number of carbonyl (C=O) groups is 1. The van der Waals surface area contributed by atoms with Gasteiger partial charge in [0.1, 0.15) is 0 Å². The van der Waals surface area contributed by atoms with Gasteiger partial charge in [0.15, 0.2) is 0 Å². The van der Waals surface area contributed by atoms with E-state index >= 15 is 0 Å². The maximum Gasteiger partial charge on any atom is 0.254 e. The number of amides is 1. The number of allylic oxidation sites excluding steroid dienone is 2. The van der Waals surface area contributed by atoms with Crippen LogP contribution in [0.5, 0.6) is 0 Å². The zero-order chi connectivity index (χ0) is 14.5. The lowest BCUT2D eigenvalue weighted by atomic mass is 9.94. The lowest BCUT2D eigenvalue weighted by molar-refractivity contribution is 0.0614. The molecule has 3 rings (SSSR count). The summed E-state index contributed by atoms with van der Waals surface area (Å²) < 4.78 is 0. The van der Waals surface area contributed by atoms with Gasteiger partial charge in [-0.3, -0.25) is 14.7 Å². The Kier molecular flexibility index (Phi) is 4.65. The van der Waals surface area contributed by atoms with Gasteiger partial charge >= 0.3 is 0 Å². The molecule has 1 aromatic rings. The molecule has 1 aromatic heterocycles. The monoisotopic (exact) mass is 285 g/mol. The fourth-order valence-electron chi connectivity index (χ4n) is 3.20. The van der Waals surface area contributed by atoms with E-state index in [1.54, 1.807) is 24.5 Å². The Balaban J connectivity index is 1.48. The Labute approximate surface area is 126 Å². The van der Waals surface area contributed by atoms with E-state index in [9.17, 15) is 4.79 Å². The number of nitrogens with zero attached hydrogens (tertiary/aromatic N) is 3. The Morgan fingerprint density at radius 2 is 1.90 bits per heavy atom. The number of hydrogen-bond donors (Lipinski definition) is 0. The van der Waals surface area contributed by atoms with E-state index in [0.717, 1.165) is 37.7 Å². The molecule has 1 saturated heterocycles. The standard InChI is InChI=1S/C17H23N3O/c21-17(16-6-8-18-9-7-16)20-12-10-19(11-13-20)14-15-4-2-1-3-5-15/h1-2,6-9,15H,3-5,10-14H2/t15-/m1/s1. The van der Waals surface area contributed by atoms with Crippen molar-refractivity contribution in [3.05, 3.63) is 42.2 Å². The number of rotatable bonds is 3. The molecule has 0 N–H and O–H groups in total. The Morgan fingerprint density at radius 1 is 1.14 bits per heavy atom. The van der Waals surface area contributed by atoms with Crippen molar-refractivity contribution in [2.24, 2.45) is 5.92 Å². The minimum Gasteiger partial charge on any atom is -0.336 e. The molecule has 112 valence electrons. The topological polar surface area (TPSA) is 36.4 Å². The molecular weight excluding hydrogens is 262 g/mol. The first-order valence-corrected chi connectivity index (χ1v) is 7.89. The van der Waals surface area contributed by atoms with Gasteiger partial charge in [-0.25, -0.2) is 0 Å². The summed E-state index contributed by atoms with van der Waals surface area (Å²) in [4.78, 5) is 20.8. The van der Waals surface area contributed by atoms with Crippen LogP contribution in [0, 0.1) is 5.92 Å². The molecule has 1 aliphatic carbocycles. The van der Waals surface area contributed by atoms with Crippen molar-refractivity contribution in [3.63, 3.8) is 0 Å². The molecule has 0 unspecified atom stereocenters. The molecule has 1 amide bonds. The first-order chi connectivity index (χ1) is 10.3. The average Bonchev–Trinajstić information content (AvgIpc) is 2.57. The third-order valence-corrected chi connectivity index (χ3v) is 4.48. The predicted molar refractivity (Wildman–Crippen MR) is 83.1 cm³/mol. The molecule has 0 saturated carbocycles. The summed E-state index contributed by atoms with van der Waals surface area (Å²) in [6.07, 6.45) is 11.7. The molecule has 0 spiro atoms. The zero-order valence-corrected chi connectivity index (χ0v) is 12.4. The largest absolute Gasteiger partial charge is 0.336 e. The van der Waals surface area contributed by atoms with Gasteiger partial charge in [-0.2, -0.15) is 0 Å². The smallest absolute Gasteiger partial charge is 0.254 e. The summed E-state index contributed by atoms with van der Waals surface area (Å²) in [5.74, 6) is 0.940. The van der Waals surface area contributed by atoms with E-state index in [1.807, 2.05) is 4.90 Å². The van der Waals surface area contributed by atoms with Gasteiger partial charge in [0.2, 0.25) is 0 Å². The zero-order valence-electron chi connectivity index (χ0n) is 12.4. The molecule has 1 aliphatic heterocycles. The van der Waals surface area contributed by atoms with E-state index in [2.05, 4.69) is 22.0 Å². The van der Waals surface area contributed by atoms with Crippen LogP contribution in [0.15, 0.2) is 36.7 Å². The fourth-order valence-corrected chi connectivity index (χ4v) is 3.20. The van der Waals surface area contributed by atoms with Crippen LogP contribution < -0.4 is 0 Å². The van der Waals surface area contributed by atoms with E-state index in [-0.39, 0.29) is 5.91 Å². The van der Waals surface area contributed by atoms with Crippen molar-refractivity contribution in [3.8, 4) is 0 Å². The van der Waals surface area contributed by atoms with Gasteiger partial charge in [0.25, 0.3) is 5.91 Å². The Bertz CT molecular complexity index is 492. The highest BCUT2D eigenvalue weighted by atomic mass is 16.2. The van der Waals surface area contributed by atoms with Crippen molar-refractivity contribution in [2.45, 2.75) is 19.3 Å². The fraction of sp³-hybridized carbons (Fsp3) is 0.529. The van der Waals surface area contributed by atoms with E-state index in [4.69, 9.17) is 0 Å². The van der Waals surface area contributed by atoms with Gasteiger partial charge in [0.05, 0.1) is 0 Å². The van der Waals surface area contributed by atoms with Gasteiger partial charge in [0, 0.05) is 50.7 Å². The number of carbonyl (C=O) groups excluding carboxylic acids is 1. The molecule has 2 heterocycles. The van der Waals surface area contributed by atoms with Crippen LogP contribution in [0.25, 0.3) is 0 Å². The first kappa shape index (κ1) is 14.3. The average molecular weight is 285 g/mol. The van der Waals surface area contributed by atoms with Crippen LogP contribution in [0.3, 0.4) is 0 Å². The van der Waals surface area contributed by atoms with Crippen molar-refractivity contribution >= 4 is 5.91 Å². The number of aromatic nitrogens is 1. The van der Waals surface area contributed by atoms with E-state index < -0.39 is 0 Å². The minimum absolute atomic E-state index is 0.137. The number of hydrogen-bond acceptors (Lipinski definition) is 3. The Morgan fingerprint density at radius 3 is 2.57 bits per heavy atom. The molecule has 0 aromatic carbocycles. The molecule has 0 bridgehead atoms. The first-order valence-electron chi connectivity index (χ1n) is 7.89. The van der Waals surface area contributed by atoms with Crippen LogP contribution in [0.1, 0.15) is 29.6 Å². The lowest BCUT2D eigenvalue weighted by Gasteiger charge is -2.36. The molecule has 4 nitrogen and oxygen atoms in total. The second kappa shape index (κ2) is 6.85. The molecule has 4 heteroatoms. The Hall–Kier alpha value is -1.68. The summed E-state index contributed by atoms with van der Waals surface area (Å²) in [6.45, 7) is 4.85. The number of piperazine rings is 1. The third kappa shape index (κ3) is 3.70. The van der Waals surface area contributed by atoms with Gasteiger partial charge < -0.3 is 4.90 Å². The van der Waals surface area contributed by atoms with Crippen LogP contribution in [0.4, 0.5) is 0 Å². The summed E-state index contributed by atoms with van der Waals surface area (Å²) in [5.41, 5.74) is 0.746. The molecule has 2 aliphatic rings. The highest BCUT2D eigenvalue weighted by Crippen LogP contribution is 2.20. The van der Waals surface area contributed by atoms with Crippen molar-refractivity contribution < 1.29 is 4.79 Å². The highest BCUT2D eigenvalue weighted by Gasteiger charge is 2.23. The second-order valence-corrected chi connectivity index (χ2v) is 5.98. The quantitative estimate of drug-likeness (QED) is 0.799. The van der Waals surface area contributed by atoms with Gasteiger partial charge in [-0.1, -0.05) is 12.2 Å². The SMILES string of the molecule is O=C(c1ccncc1)N1CCN(C[C@@H]2CC=CCC2)CC1. The molecular formula is C17H23N3O. The van der Waals surface area contributed by atoms with Crippen LogP contribution >= 0.6 is 0 Å². The van der Waals surface area contributed by atoms with Crippen LogP contribution in [0.2, 0.25) is 0 Å². The van der Waals surface area contributed by atoms with E-state index in [1.165, 1.54) is 25.8 Å². The highest BCUT2D eigenvalue weighted by molar-refractivity contribution is 5.94. The van der Waals surface area contributed by atoms with Gasteiger partial charge in [-0.15, -0.1) is 0 Å². The van der Waals surface area contributed by atoms with Crippen molar-refractivity contribution in [1.82, 2.24) is 14.8 Å². The summed E-state index contributed by atoms with van der Waals surface area (Å²) in [7, 11) is 0. The molecule has 0 radical (unpaired) electrons. The third-order valence-electron chi connectivity index (χ3n) is 4.48. The van der Waals surface area contributed by atoms with Crippen LogP contribution in [-0.2, 0) is 0 Å². The van der Waals surface area contributed by atoms with Crippen molar-refractivity contribution in [1.29, 1.82) is 0 Å².